The Kier molecular flexibility index (Phi) is 10.3. The third-order valence-corrected chi connectivity index (χ3v) is 6.42. The van der Waals surface area contributed by atoms with Crippen LogP contribution in [0.1, 0.15) is 45.1 Å². The third kappa shape index (κ3) is 7.65. The molecule has 0 aliphatic rings. The van der Waals surface area contributed by atoms with Crippen LogP contribution in [0.25, 0.3) is 22.5 Å². The van der Waals surface area contributed by atoms with Crippen LogP contribution in [-0.4, -0.2) is 56.2 Å². The molecule has 0 radical (unpaired) electrons. The molecule has 2 N–H and O–H groups in total. The molecule has 3 rings (SSSR count). The Balaban J connectivity index is 1.67. The van der Waals surface area contributed by atoms with Gasteiger partial charge in [0, 0.05) is 43.3 Å². The van der Waals surface area contributed by atoms with Crippen LogP contribution in [0.2, 0.25) is 0 Å². The third-order valence-electron chi connectivity index (χ3n) is 5.87. The van der Waals surface area contributed by atoms with Crippen LogP contribution in [-0.2, 0) is 16.1 Å². The predicted molar refractivity (Wildman–Crippen MR) is 141 cm³/mol. The van der Waals surface area contributed by atoms with Crippen molar-refractivity contribution in [2.75, 3.05) is 18.8 Å². The van der Waals surface area contributed by atoms with Crippen LogP contribution >= 0.6 is 12.6 Å². The molecule has 0 bridgehead atoms. The molecule has 0 saturated carbocycles. The Morgan fingerprint density at radius 1 is 1.09 bits per heavy atom. The highest BCUT2D eigenvalue weighted by molar-refractivity contribution is 7.80. The van der Waals surface area contributed by atoms with E-state index in [-0.39, 0.29) is 17.7 Å². The summed E-state index contributed by atoms with van der Waals surface area (Å²) in [6, 6.07) is 16.2. The largest absolute Gasteiger partial charge is 0.356 e. The molecule has 0 spiro atoms. The summed E-state index contributed by atoms with van der Waals surface area (Å²) in [5, 5.41) is 17.3. The highest BCUT2D eigenvalue weighted by atomic mass is 32.1. The van der Waals surface area contributed by atoms with E-state index in [1.165, 1.54) is 0 Å². The van der Waals surface area contributed by atoms with Crippen molar-refractivity contribution in [1.29, 1.82) is 0 Å². The van der Waals surface area contributed by atoms with Crippen molar-refractivity contribution < 1.29 is 9.59 Å². The number of rotatable bonds is 13. The second-order valence-electron chi connectivity index (χ2n) is 8.62. The Morgan fingerprint density at radius 3 is 2.49 bits per heavy atom. The summed E-state index contributed by atoms with van der Waals surface area (Å²) in [4.78, 5) is 26.7. The van der Waals surface area contributed by atoms with Crippen LogP contribution in [0, 0.1) is 5.92 Å². The predicted octanol–water partition coefficient (Wildman–Crippen LogP) is 4.12. The fraction of sp³-hybridized carbons (Fsp3) is 0.423. The van der Waals surface area contributed by atoms with Crippen LogP contribution in [0.5, 0.6) is 0 Å². The molecule has 1 aromatic heterocycles. The van der Waals surface area contributed by atoms with Crippen molar-refractivity contribution in [3.05, 3.63) is 54.1 Å². The first-order chi connectivity index (χ1) is 17.0. The number of carbonyl (C=O) groups is 2. The zero-order valence-corrected chi connectivity index (χ0v) is 21.3. The molecule has 1 unspecified atom stereocenters. The van der Waals surface area contributed by atoms with Gasteiger partial charge in [0.05, 0.1) is 0 Å². The van der Waals surface area contributed by atoms with E-state index < -0.39 is 0 Å². The van der Waals surface area contributed by atoms with Gasteiger partial charge in [0.1, 0.15) is 0 Å². The van der Waals surface area contributed by atoms with Gasteiger partial charge in [0.25, 0.3) is 0 Å². The minimum Gasteiger partial charge on any atom is -0.356 e. The van der Waals surface area contributed by atoms with E-state index in [1.54, 1.807) is 0 Å². The maximum Gasteiger partial charge on any atom is 0.223 e. The lowest BCUT2D eigenvalue weighted by Crippen LogP contribution is -2.35. The van der Waals surface area contributed by atoms with E-state index in [0.29, 0.717) is 44.1 Å². The maximum atomic E-state index is 12.9. The van der Waals surface area contributed by atoms with Gasteiger partial charge in [0.15, 0.2) is 0 Å². The molecule has 3 aromatic rings. The van der Waals surface area contributed by atoms with Gasteiger partial charge >= 0.3 is 0 Å². The van der Waals surface area contributed by atoms with Crippen LogP contribution in [0.4, 0.5) is 0 Å². The van der Waals surface area contributed by atoms with Crippen molar-refractivity contribution in [2.24, 2.45) is 5.92 Å². The van der Waals surface area contributed by atoms with Crippen LogP contribution in [0.3, 0.4) is 0 Å². The molecule has 9 heteroatoms. The lowest BCUT2D eigenvalue weighted by molar-refractivity contribution is -0.132. The molecule has 8 nitrogen and oxygen atoms in total. The van der Waals surface area contributed by atoms with E-state index in [2.05, 4.69) is 69.8 Å². The molecular formula is C26H34N6O2S. The summed E-state index contributed by atoms with van der Waals surface area (Å²) in [5.41, 5.74) is 4.02. The minimum atomic E-state index is -0.121. The maximum absolute atomic E-state index is 12.9. The standard InChI is InChI=1S/C26H34N6O2S/c1-3-4-10-24(33)32(16-7-15-27-26(34)19(2)18-35)17-20-11-13-21(14-12-20)22-8-5-6-9-23(22)25-28-30-31-29-25/h5-6,8-9,11-14,19,35H,3-4,7,10,15-18H2,1-2H3,(H,27,34)(H,28,29,30,31). The fourth-order valence-corrected chi connectivity index (χ4v) is 3.90. The smallest absolute Gasteiger partial charge is 0.223 e. The zero-order valence-electron chi connectivity index (χ0n) is 20.4. The first kappa shape index (κ1) is 26.4. The summed E-state index contributed by atoms with van der Waals surface area (Å²) >= 11 is 4.17. The second-order valence-corrected chi connectivity index (χ2v) is 8.99. The highest BCUT2D eigenvalue weighted by Crippen LogP contribution is 2.29. The highest BCUT2D eigenvalue weighted by Gasteiger charge is 2.15. The van der Waals surface area contributed by atoms with E-state index in [1.807, 2.05) is 36.1 Å². The number of hydrogen-bond acceptors (Lipinski definition) is 6. The molecule has 2 amide bonds. The first-order valence-electron chi connectivity index (χ1n) is 12.1. The summed E-state index contributed by atoms with van der Waals surface area (Å²) in [6.45, 7) is 5.62. The second kappa shape index (κ2) is 13.6. The monoisotopic (exact) mass is 494 g/mol. The quantitative estimate of drug-likeness (QED) is 0.245. The van der Waals surface area contributed by atoms with Gasteiger partial charge < -0.3 is 10.2 Å². The first-order valence-corrected chi connectivity index (χ1v) is 12.7. The van der Waals surface area contributed by atoms with Crippen molar-refractivity contribution in [3.8, 4) is 22.5 Å². The molecule has 0 saturated heterocycles. The SMILES string of the molecule is CCCCC(=O)N(CCCNC(=O)C(C)CS)Cc1ccc(-c2ccccc2-c2nn[nH]n2)cc1. The Morgan fingerprint density at radius 2 is 1.83 bits per heavy atom. The number of nitrogens with zero attached hydrogens (tertiary/aromatic N) is 4. The molecule has 2 aromatic carbocycles. The number of unbranched alkanes of at least 4 members (excludes halogenated alkanes) is 1. The van der Waals surface area contributed by atoms with Crippen molar-refractivity contribution in [1.82, 2.24) is 30.8 Å². The molecule has 0 fully saturated rings. The van der Waals surface area contributed by atoms with E-state index in [4.69, 9.17) is 0 Å². The van der Waals surface area contributed by atoms with Gasteiger partial charge in [-0.15, -0.1) is 10.2 Å². The molecule has 1 atom stereocenters. The van der Waals surface area contributed by atoms with Gasteiger partial charge in [0.2, 0.25) is 17.6 Å². The minimum absolute atomic E-state index is 0.000509. The molecule has 0 aliphatic carbocycles. The van der Waals surface area contributed by atoms with Crippen molar-refractivity contribution in [2.45, 2.75) is 46.1 Å². The molecule has 186 valence electrons. The number of hydrogen-bond donors (Lipinski definition) is 3. The lowest BCUT2D eigenvalue weighted by atomic mass is 9.98. The molecule has 0 aliphatic heterocycles. The topological polar surface area (TPSA) is 104 Å². The van der Waals surface area contributed by atoms with Gasteiger partial charge in [-0.2, -0.15) is 17.8 Å². The number of aromatic nitrogens is 4. The normalized spacial score (nSPS) is 11.7. The van der Waals surface area contributed by atoms with Crippen LogP contribution in [0.15, 0.2) is 48.5 Å². The lowest BCUT2D eigenvalue weighted by Gasteiger charge is -2.23. The van der Waals surface area contributed by atoms with E-state index >= 15 is 0 Å². The number of H-pyrrole nitrogens is 1. The van der Waals surface area contributed by atoms with Gasteiger partial charge in [-0.3, -0.25) is 9.59 Å². The Bertz CT molecular complexity index is 1070. The Labute approximate surface area is 212 Å². The van der Waals surface area contributed by atoms with Crippen LogP contribution < -0.4 is 5.32 Å². The summed E-state index contributed by atoms with van der Waals surface area (Å²) in [7, 11) is 0. The number of thiol groups is 1. The summed E-state index contributed by atoms with van der Waals surface area (Å²) in [5.74, 6) is 1.09. The van der Waals surface area contributed by atoms with E-state index in [0.717, 1.165) is 35.1 Å². The number of amides is 2. The van der Waals surface area contributed by atoms with E-state index in [9.17, 15) is 9.59 Å². The number of tetrazole rings is 1. The zero-order chi connectivity index (χ0) is 25.0. The number of benzene rings is 2. The van der Waals surface area contributed by atoms with Gasteiger partial charge in [-0.25, -0.2) is 0 Å². The summed E-state index contributed by atoms with van der Waals surface area (Å²) in [6.07, 6.45) is 3.10. The molecule has 35 heavy (non-hydrogen) atoms. The average molecular weight is 495 g/mol. The number of carbonyl (C=O) groups excluding carboxylic acids is 2. The molecule has 1 heterocycles. The fourth-order valence-electron chi connectivity index (χ4n) is 3.73. The van der Waals surface area contributed by atoms with Gasteiger partial charge in [-0.05, 0) is 34.7 Å². The van der Waals surface area contributed by atoms with Gasteiger partial charge in [-0.1, -0.05) is 68.8 Å². The summed E-state index contributed by atoms with van der Waals surface area (Å²) < 4.78 is 0. The number of aromatic amines is 1. The van der Waals surface area contributed by atoms with Crippen molar-refractivity contribution in [3.63, 3.8) is 0 Å². The average Bonchev–Trinajstić information content (AvgIpc) is 3.43. The van der Waals surface area contributed by atoms with Crippen molar-refractivity contribution >= 4 is 24.4 Å². The molecular weight excluding hydrogens is 460 g/mol. The number of nitrogens with one attached hydrogen (secondary N) is 2. The Hall–Kier alpha value is -3.20.